The van der Waals surface area contributed by atoms with Crippen LogP contribution >= 0.6 is 0 Å². The molecule has 0 aliphatic carbocycles. The van der Waals surface area contributed by atoms with Crippen molar-refractivity contribution in [2.24, 2.45) is 5.92 Å². The fraction of sp³-hybridized carbons (Fsp3) is 0.647. The Morgan fingerprint density at radius 2 is 2.14 bits per heavy atom. The van der Waals surface area contributed by atoms with E-state index in [9.17, 15) is 8.78 Å². The van der Waals surface area contributed by atoms with Crippen molar-refractivity contribution in [2.75, 3.05) is 26.2 Å². The zero-order valence-corrected chi connectivity index (χ0v) is 13.0. The fourth-order valence-corrected chi connectivity index (χ4v) is 3.29. The van der Waals surface area contributed by atoms with Crippen molar-refractivity contribution >= 4 is 0 Å². The van der Waals surface area contributed by atoms with E-state index in [1.54, 1.807) is 12.1 Å². The van der Waals surface area contributed by atoms with E-state index in [-0.39, 0.29) is 6.04 Å². The van der Waals surface area contributed by atoms with E-state index >= 15 is 0 Å². The van der Waals surface area contributed by atoms with Gasteiger partial charge in [0, 0.05) is 24.7 Å². The van der Waals surface area contributed by atoms with E-state index in [1.807, 2.05) is 6.92 Å². The van der Waals surface area contributed by atoms with E-state index < -0.39 is 11.6 Å². The van der Waals surface area contributed by atoms with Gasteiger partial charge in [0.2, 0.25) is 0 Å². The summed E-state index contributed by atoms with van der Waals surface area (Å²) in [4.78, 5) is 2.37. The number of nitrogens with zero attached hydrogens (tertiary/aromatic N) is 1. The molecule has 0 spiro atoms. The van der Waals surface area contributed by atoms with Crippen molar-refractivity contribution in [1.29, 1.82) is 0 Å². The lowest BCUT2D eigenvalue weighted by Crippen LogP contribution is -2.34. The molecule has 0 saturated carbocycles. The van der Waals surface area contributed by atoms with Crippen LogP contribution in [0.3, 0.4) is 0 Å². The highest BCUT2D eigenvalue weighted by molar-refractivity contribution is 5.23. The summed E-state index contributed by atoms with van der Waals surface area (Å²) < 4.78 is 27.5. The molecule has 1 N–H and O–H groups in total. The van der Waals surface area contributed by atoms with Gasteiger partial charge in [-0.3, -0.25) is 0 Å². The van der Waals surface area contributed by atoms with Gasteiger partial charge in [0.05, 0.1) is 0 Å². The zero-order valence-electron chi connectivity index (χ0n) is 13.0. The first-order valence-corrected chi connectivity index (χ1v) is 8.05. The summed E-state index contributed by atoms with van der Waals surface area (Å²) >= 11 is 0. The van der Waals surface area contributed by atoms with Crippen LogP contribution in [0.25, 0.3) is 0 Å². The van der Waals surface area contributed by atoms with E-state index in [0.29, 0.717) is 5.56 Å². The van der Waals surface area contributed by atoms with Crippen molar-refractivity contribution < 1.29 is 8.78 Å². The van der Waals surface area contributed by atoms with Crippen LogP contribution < -0.4 is 5.32 Å². The number of likely N-dealkylation sites (N-methyl/N-ethyl adjacent to an activating group) is 1. The van der Waals surface area contributed by atoms with Gasteiger partial charge >= 0.3 is 0 Å². The molecular weight excluding hydrogens is 270 g/mol. The smallest absolute Gasteiger partial charge is 0.163 e. The second kappa shape index (κ2) is 7.85. The van der Waals surface area contributed by atoms with Crippen LogP contribution in [-0.4, -0.2) is 31.1 Å². The second-order valence-electron chi connectivity index (χ2n) is 5.96. The predicted molar refractivity (Wildman–Crippen MR) is 82.2 cm³/mol. The minimum atomic E-state index is -0.763. The summed E-state index contributed by atoms with van der Waals surface area (Å²) in [5.41, 5.74) is 0.441. The Morgan fingerprint density at radius 1 is 1.33 bits per heavy atom. The monoisotopic (exact) mass is 296 g/mol. The van der Waals surface area contributed by atoms with Crippen LogP contribution in [0.2, 0.25) is 0 Å². The largest absolute Gasteiger partial charge is 0.309 e. The number of benzene rings is 1. The molecule has 21 heavy (non-hydrogen) atoms. The molecule has 1 aromatic carbocycles. The lowest BCUT2D eigenvalue weighted by Gasteiger charge is -2.25. The van der Waals surface area contributed by atoms with Crippen LogP contribution in [0, 0.1) is 17.6 Å². The quantitative estimate of drug-likeness (QED) is 0.824. The Balaban J connectivity index is 2.04. The number of rotatable bonds is 7. The minimum absolute atomic E-state index is 0.147. The summed E-state index contributed by atoms with van der Waals surface area (Å²) in [7, 11) is 0. The lowest BCUT2D eigenvalue weighted by atomic mass is 10.0. The first-order chi connectivity index (χ1) is 10.2. The molecule has 2 nitrogen and oxygen atoms in total. The standard InChI is InChI=1S/C17H26F2N2/c1-3-6-13-9-10-21(11-13)12-16(20-4-2)14-7-5-8-15(18)17(14)19/h5,7-8,13,16,20H,3-4,6,9-12H2,1-2H3. The Bertz CT molecular complexity index is 450. The van der Waals surface area contributed by atoms with Gasteiger partial charge in [-0.2, -0.15) is 0 Å². The van der Waals surface area contributed by atoms with Crippen molar-refractivity contribution in [3.05, 3.63) is 35.4 Å². The van der Waals surface area contributed by atoms with Gasteiger partial charge in [-0.15, -0.1) is 0 Å². The number of likely N-dealkylation sites (tertiary alicyclic amines) is 1. The fourth-order valence-electron chi connectivity index (χ4n) is 3.29. The van der Waals surface area contributed by atoms with Crippen LogP contribution in [0.4, 0.5) is 8.78 Å². The summed E-state index contributed by atoms with van der Waals surface area (Å²) in [6, 6.07) is 4.30. The van der Waals surface area contributed by atoms with Gasteiger partial charge in [-0.1, -0.05) is 32.4 Å². The van der Waals surface area contributed by atoms with E-state index in [1.165, 1.54) is 25.3 Å². The third kappa shape index (κ3) is 4.24. The van der Waals surface area contributed by atoms with Gasteiger partial charge in [0.25, 0.3) is 0 Å². The maximum absolute atomic E-state index is 14.0. The SMILES string of the molecule is CCCC1CCN(CC(NCC)c2cccc(F)c2F)C1. The number of halogens is 2. The Labute approximate surface area is 126 Å². The highest BCUT2D eigenvalue weighted by atomic mass is 19.2. The van der Waals surface area contributed by atoms with Crippen molar-refractivity contribution in [1.82, 2.24) is 10.2 Å². The van der Waals surface area contributed by atoms with Gasteiger partial charge in [-0.25, -0.2) is 8.78 Å². The van der Waals surface area contributed by atoms with Crippen LogP contribution in [0.5, 0.6) is 0 Å². The minimum Gasteiger partial charge on any atom is -0.309 e. The summed E-state index contributed by atoms with van der Waals surface area (Å²) in [6.07, 6.45) is 3.70. The van der Waals surface area contributed by atoms with Gasteiger partial charge in [-0.05, 0) is 37.9 Å². The van der Waals surface area contributed by atoms with E-state index in [2.05, 4.69) is 17.1 Å². The average Bonchev–Trinajstić information content (AvgIpc) is 2.89. The molecule has 2 atom stereocenters. The number of hydrogen-bond acceptors (Lipinski definition) is 2. The first-order valence-electron chi connectivity index (χ1n) is 8.05. The third-order valence-electron chi connectivity index (χ3n) is 4.32. The second-order valence-corrected chi connectivity index (χ2v) is 5.96. The van der Waals surface area contributed by atoms with Crippen molar-refractivity contribution in [2.45, 2.75) is 39.2 Å². The lowest BCUT2D eigenvalue weighted by molar-refractivity contribution is 0.277. The van der Waals surface area contributed by atoms with Crippen LogP contribution in [0.1, 0.15) is 44.7 Å². The van der Waals surface area contributed by atoms with Crippen LogP contribution in [0.15, 0.2) is 18.2 Å². The topological polar surface area (TPSA) is 15.3 Å². The molecule has 1 aliphatic rings. The van der Waals surface area contributed by atoms with E-state index in [0.717, 1.165) is 32.1 Å². The first kappa shape index (κ1) is 16.4. The summed E-state index contributed by atoms with van der Waals surface area (Å²) in [5, 5.41) is 3.29. The molecule has 118 valence electrons. The molecule has 0 radical (unpaired) electrons. The molecule has 2 rings (SSSR count). The molecule has 2 unspecified atom stereocenters. The summed E-state index contributed by atoms with van der Waals surface area (Å²) in [6.45, 7) is 7.83. The Kier molecular flexibility index (Phi) is 6.12. The highest BCUT2D eigenvalue weighted by Gasteiger charge is 2.26. The molecule has 1 saturated heterocycles. The molecule has 4 heteroatoms. The molecule has 1 aliphatic heterocycles. The molecular formula is C17H26F2N2. The van der Waals surface area contributed by atoms with Gasteiger partial charge in [0.1, 0.15) is 0 Å². The number of nitrogens with one attached hydrogen (secondary N) is 1. The number of hydrogen-bond donors (Lipinski definition) is 1. The third-order valence-corrected chi connectivity index (χ3v) is 4.32. The van der Waals surface area contributed by atoms with Gasteiger partial charge in [0.15, 0.2) is 11.6 Å². The Hall–Kier alpha value is -1.00. The van der Waals surface area contributed by atoms with Crippen molar-refractivity contribution in [3.8, 4) is 0 Å². The van der Waals surface area contributed by atoms with Gasteiger partial charge < -0.3 is 10.2 Å². The highest BCUT2D eigenvalue weighted by Crippen LogP contribution is 2.25. The molecule has 0 amide bonds. The molecule has 1 aromatic rings. The van der Waals surface area contributed by atoms with Crippen molar-refractivity contribution in [3.63, 3.8) is 0 Å². The maximum Gasteiger partial charge on any atom is 0.163 e. The Morgan fingerprint density at radius 3 is 2.86 bits per heavy atom. The predicted octanol–water partition coefficient (Wildman–Crippen LogP) is 3.74. The zero-order chi connectivity index (χ0) is 15.2. The van der Waals surface area contributed by atoms with Crippen LogP contribution in [-0.2, 0) is 0 Å². The maximum atomic E-state index is 14.0. The molecule has 0 aromatic heterocycles. The molecule has 1 heterocycles. The summed E-state index contributed by atoms with van der Waals surface area (Å²) in [5.74, 6) is -0.719. The average molecular weight is 296 g/mol. The van der Waals surface area contributed by atoms with E-state index in [4.69, 9.17) is 0 Å². The normalized spacial score (nSPS) is 20.9. The molecule has 0 bridgehead atoms. The molecule has 1 fully saturated rings.